The Morgan fingerprint density at radius 1 is 1.15 bits per heavy atom. The molecule has 0 bridgehead atoms. The van der Waals surface area contributed by atoms with E-state index >= 15 is 0 Å². The van der Waals surface area contributed by atoms with Gasteiger partial charge >= 0.3 is 0 Å². The number of methoxy groups -OCH3 is 1. The minimum Gasteiger partial charge on any atom is -0.507 e. The number of hydrogen-bond acceptors (Lipinski definition) is 4. The topological polar surface area (TPSA) is 66.8 Å². The second-order valence-corrected chi connectivity index (χ2v) is 4.62. The summed E-state index contributed by atoms with van der Waals surface area (Å²) in [4.78, 5) is 25.8. The second kappa shape index (κ2) is 4.61. The number of imide groups is 1. The van der Waals surface area contributed by atoms with Gasteiger partial charge in [-0.2, -0.15) is 0 Å². The maximum Gasteiger partial charge on any atom is 0.262 e. The standard InChI is InChI=1S/C15H13NO4/c1-20-7-6-16-14(18)11-8-12(17)9-4-2-3-5-10(9)13(11)15(16)19/h2-5,8,17H,6-7H2,1H3. The van der Waals surface area contributed by atoms with Crippen LogP contribution in [0.4, 0.5) is 0 Å². The molecule has 3 rings (SSSR count). The quantitative estimate of drug-likeness (QED) is 0.864. The van der Waals surface area contributed by atoms with E-state index in [2.05, 4.69) is 0 Å². The second-order valence-electron chi connectivity index (χ2n) is 4.62. The lowest BCUT2D eigenvalue weighted by molar-refractivity contribution is 0.0604. The van der Waals surface area contributed by atoms with Gasteiger partial charge in [-0.1, -0.05) is 24.3 Å². The highest BCUT2D eigenvalue weighted by molar-refractivity contribution is 6.27. The zero-order valence-corrected chi connectivity index (χ0v) is 10.9. The molecule has 2 aromatic rings. The van der Waals surface area contributed by atoms with Crippen LogP contribution >= 0.6 is 0 Å². The minimum atomic E-state index is -0.386. The van der Waals surface area contributed by atoms with Crippen LogP contribution in [0.15, 0.2) is 30.3 Å². The lowest BCUT2D eigenvalue weighted by Crippen LogP contribution is -2.32. The van der Waals surface area contributed by atoms with Crippen LogP contribution in [-0.4, -0.2) is 42.1 Å². The minimum absolute atomic E-state index is 0.00842. The van der Waals surface area contributed by atoms with E-state index in [-0.39, 0.29) is 36.3 Å². The van der Waals surface area contributed by atoms with E-state index in [9.17, 15) is 14.7 Å². The van der Waals surface area contributed by atoms with Crippen molar-refractivity contribution in [2.75, 3.05) is 20.3 Å². The Kier molecular flexibility index (Phi) is 2.91. The van der Waals surface area contributed by atoms with E-state index in [1.807, 2.05) is 0 Å². The number of aromatic hydroxyl groups is 1. The highest BCUT2D eigenvalue weighted by Gasteiger charge is 2.37. The molecule has 0 unspecified atom stereocenters. The number of carbonyl (C=O) groups excluding carboxylic acids is 2. The third-order valence-corrected chi connectivity index (χ3v) is 3.48. The lowest BCUT2D eigenvalue weighted by Gasteiger charge is -2.12. The first-order valence-corrected chi connectivity index (χ1v) is 6.25. The van der Waals surface area contributed by atoms with E-state index < -0.39 is 0 Å². The molecule has 2 amide bonds. The van der Waals surface area contributed by atoms with Crippen LogP contribution in [0.2, 0.25) is 0 Å². The summed E-state index contributed by atoms with van der Waals surface area (Å²) in [5, 5.41) is 11.2. The molecular weight excluding hydrogens is 258 g/mol. The number of phenols is 1. The third-order valence-electron chi connectivity index (χ3n) is 3.48. The van der Waals surface area contributed by atoms with Crippen molar-refractivity contribution in [3.05, 3.63) is 41.5 Å². The first-order valence-electron chi connectivity index (χ1n) is 6.25. The van der Waals surface area contributed by atoms with Crippen LogP contribution in [0.5, 0.6) is 5.75 Å². The highest BCUT2D eigenvalue weighted by atomic mass is 16.5. The monoisotopic (exact) mass is 271 g/mol. The van der Waals surface area contributed by atoms with Crippen molar-refractivity contribution in [2.24, 2.45) is 0 Å². The van der Waals surface area contributed by atoms with Crippen molar-refractivity contribution in [1.82, 2.24) is 4.90 Å². The summed E-state index contributed by atoms with van der Waals surface area (Å²) in [7, 11) is 1.51. The number of nitrogens with zero attached hydrogens (tertiary/aromatic N) is 1. The van der Waals surface area contributed by atoms with Crippen LogP contribution in [0.1, 0.15) is 20.7 Å². The Balaban J connectivity index is 2.20. The molecule has 1 aliphatic rings. The Hall–Kier alpha value is -2.40. The first kappa shape index (κ1) is 12.6. The molecule has 5 heteroatoms. The van der Waals surface area contributed by atoms with E-state index in [1.165, 1.54) is 13.2 Å². The lowest BCUT2D eigenvalue weighted by atomic mass is 9.99. The number of carbonyl (C=O) groups is 2. The van der Waals surface area contributed by atoms with Gasteiger partial charge in [0.15, 0.2) is 0 Å². The molecule has 0 aliphatic carbocycles. The number of rotatable bonds is 3. The van der Waals surface area contributed by atoms with Crippen LogP contribution in [0.3, 0.4) is 0 Å². The molecule has 0 atom stereocenters. The fraction of sp³-hybridized carbons (Fsp3) is 0.200. The van der Waals surface area contributed by atoms with Crippen LogP contribution in [0.25, 0.3) is 10.8 Å². The summed E-state index contributed by atoms with van der Waals surface area (Å²) in [5.41, 5.74) is 0.613. The zero-order chi connectivity index (χ0) is 14.3. The number of ether oxygens (including phenoxy) is 1. The Morgan fingerprint density at radius 3 is 2.55 bits per heavy atom. The maximum absolute atomic E-state index is 12.4. The summed E-state index contributed by atoms with van der Waals surface area (Å²) in [6, 6.07) is 8.38. The normalized spacial score (nSPS) is 14.2. The summed E-state index contributed by atoms with van der Waals surface area (Å²) in [6.45, 7) is 0.493. The predicted molar refractivity (Wildman–Crippen MR) is 72.9 cm³/mol. The van der Waals surface area contributed by atoms with Crippen molar-refractivity contribution in [2.45, 2.75) is 0 Å². The van der Waals surface area contributed by atoms with Crippen molar-refractivity contribution in [1.29, 1.82) is 0 Å². The molecule has 0 saturated carbocycles. The van der Waals surface area contributed by atoms with E-state index in [1.54, 1.807) is 24.3 Å². The van der Waals surface area contributed by atoms with Crippen LogP contribution < -0.4 is 0 Å². The number of hydrogen-bond donors (Lipinski definition) is 1. The van der Waals surface area contributed by atoms with E-state index in [0.717, 1.165) is 4.90 Å². The van der Waals surface area contributed by atoms with E-state index in [4.69, 9.17) is 4.74 Å². The first-order chi connectivity index (χ1) is 9.65. The van der Waals surface area contributed by atoms with E-state index in [0.29, 0.717) is 16.3 Å². The number of phenolic OH excluding ortho intramolecular Hbond substituents is 1. The molecule has 0 spiro atoms. The van der Waals surface area contributed by atoms with Crippen molar-refractivity contribution < 1.29 is 19.4 Å². The molecule has 2 aromatic carbocycles. The largest absolute Gasteiger partial charge is 0.507 e. The number of fused-ring (bicyclic) bond motifs is 3. The van der Waals surface area contributed by atoms with Gasteiger partial charge in [-0.25, -0.2) is 0 Å². The molecule has 1 aliphatic heterocycles. The molecule has 0 fully saturated rings. The van der Waals surface area contributed by atoms with Gasteiger partial charge < -0.3 is 9.84 Å². The molecule has 1 heterocycles. The number of benzene rings is 2. The SMILES string of the molecule is COCCN1C(=O)c2cc(O)c3ccccc3c2C1=O. The smallest absolute Gasteiger partial charge is 0.262 e. The van der Waals surface area contributed by atoms with Gasteiger partial charge in [-0.3, -0.25) is 14.5 Å². The Bertz CT molecular complexity index is 723. The molecule has 20 heavy (non-hydrogen) atoms. The third kappa shape index (κ3) is 1.67. The molecule has 5 nitrogen and oxygen atoms in total. The van der Waals surface area contributed by atoms with Gasteiger partial charge in [0.1, 0.15) is 5.75 Å². The van der Waals surface area contributed by atoms with Crippen molar-refractivity contribution >= 4 is 22.6 Å². The fourth-order valence-corrected chi connectivity index (χ4v) is 2.51. The van der Waals surface area contributed by atoms with Crippen molar-refractivity contribution in [3.63, 3.8) is 0 Å². The predicted octanol–water partition coefficient (Wildman–Crippen LogP) is 1.79. The summed E-state index contributed by atoms with van der Waals surface area (Å²) in [5.74, 6) is -0.713. The Morgan fingerprint density at radius 2 is 1.85 bits per heavy atom. The van der Waals surface area contributed by atoms with Gasteiger partial charge in [0.05, 0.1) is 24.3 Å². The van der Waals surface area contributed by atoms with Gasteiger partial charge in [0.2, 0.25) is 0 Å². The van der Waals surface area contributed by atoms with Gasteiger partial charge in [-0.05, 0) is 11.5 Å². The summed E-state index contributed by atoms with van der Waals surface area (Å²) in [6.07, 6.45) is 0. The van der Waals surface area contributed by atoms with Gasteiger partial charge in [0.25, 0.3) is 11.8 Å². The maximum atomic E-state index is 12.4. The summed E-state index contributed by atoms with van der Waals surface area (Å²) >= 11 is 0. The molecule has 1 N–H and O–H groups in total. The number of amides is 2. The average molecular weight is 271 g/mol. The van der Waals surface area contributed by atoms with Gasteiger partial charge in [-0.15, -0.1) is 0 Å². The molecule has 0 saturated heterocycles. The molecule has 102 valence electrons. The van der Waals surface area contributed by atoms with Crippen LogP contribution in [-0.2, 0) is 4.74 Å². The van der Waals surface area contributed by atoms with Crippen LogP contribution in [0, 0.1) is 0 Å². The summed E-state index contributed by atoms with van der Waals surface area (Å²) < 4.78 is 4.91. The van der Waals surface area contributed by atoms with Crippen molar-refractivity contribution in [3.8, 4) is 5.75 Å². The Labute approximate surface area is 115 Å². The molecular formula is C15H13NO4. The molecule has 0 radical (unpaired) electrons. The van der Waals surface area contributed by atoms with Gasteiger partial charge in [0, 0.05) is 12.5 Å². The average Bonchev–Trinajstić information content (AvgIpc) is 2.69. The fourth-order valence-electron chi connectivity index (χ4n) is 2.51. The highest BCUT2D eigenvalue weighted by Crippen LogP contribution is 2.35. The molecule has 0 aromatic heterocycles. The zero-order valence-electron chi connectivity index (χ0n) is 10.9.